The zero-order valence-corrected chi connectivity index (χ0v) is 16.1. The standard InChI is InChI=1S/C23H22N2O4/c26-17-6-7-20(21(27)9-17)25-12-19-18(23(25)28)2-1-3-22(19)29-13-14-4-5-15-10-24-11-16(15)8-14/h1-5,8,20,24H,6-7,9-13H2. The number of ketones is 2. The highest BCUT2D eigenvalue weighted by Crippen LogP contribution is 2.34. The van der Waals surface area contributed by atoms with Crippen LogP contribution in [-0.2, 0) is 35.8 Å². The highest BCUT2D eigenvalue weighted by atomic mass is 16.5. The molecule has 1 fully saturated rings. The van der Waals surface area contributed by atoms with E-state index in [1.54, 1.807) is 11.0 Å². The Hall–Kier alpha value is -2.99. The maximum absolute atomic E-state index is 12.9. The molecule has 2 aromatic carbocycles. The Kier molecular flexibility index (Phi) is 4.43. The number of nitrogens with one attached hydrogen (secondary N) is 1. The summed E-state index contributed by atoms with van der Waals surface area (Å²) in [6, 6.07) is 11.3. The van der Waals surface area contributed by atoms with Crippen LogP contribution < -0.4 is 10.1 Å². The molecule has 0 spiro atoms. The first kappa shape index (κ1) is 18.1. The first-order valence-electron chi connectivity index (χ1n) is 10.0. The molecular weight excluding hydrogens is 368 g/mol. The molecule has 2 heterocycles. The molecule has 1 amide bonds. The monoisotopic (exact) mass is 390 g/mol. The van der Waals surface area contributed by atoms with Gasteiger partial charge in [-0.25, -0.2) is 0 Å². The van der Waals surface area contributed by atoms with Gasteiger partial charge in [0.2, 0.25) is 0 Å². The second-order valence-electron chi connectivity index (χ2n) is 7.95. The number of amides is 1. The van der Waals surface area contributed by atoms with E-state index in [2.05, 4.69) is 23.5 Å². The first-order chi connectivity index (χ1) is 14.1. The second-order valence-corrected chi connectivity index (χ2v) is 7.95. The van der Waals surface area contributed by atoms with Crippen LogP contribution in [0.1, 0.15) is 51.9 Å². The van der Waals surface area contributed by atoms with Crippen molar-refractivity contribution in [2.45, 2.75) is 51.5 Å². The molecule has 0 radical (unpaired) electrons. The zero-order chi connectivity index (χ0) is 20.0. The first-order valence-corrected chi connectivity index (χ1v) is 10.0. The summed E-state index contributed by atoms with van der Waals surface area (Å²) in [7, 11) is 0. The van der Waals surface area contributed by atoms with Crippen molar-refractivity contribution in [3.8, 4) is 5.75 Å². The fraction of sp³-hybridized carbons (Fsp3) is 0.348. The summed E-state index contributed by atoms with van der Waals surface area (Å²) in [5.74, 6) is 0.332. The van der Waals surface area contributed by atoms with Crippen LogP contribution in [0.4, 0.5) is 0 Å². The number of hydrogen-bond acceptors (Lipinski definition) is 5. The smallest absolute Gasteiger partial charge is 0.255 e. The minimum absolute atomic E-state index is 0.0380. The molecular formula is C23H22N2O4. The minimum atomic E-state index is -0.510. The third kappa shape index (κ3) is 3.23. The number of carbonyl (C=O) groups is 3. The van der Waals surface area contributed by atoms with E-state index in [0.29, 0.717) is 37.3 Å². The topological polar surface area (TPSA) is 75.7 Å². The predicted octanol–water partition coefficient (Wildman–Crippen LogP) is 2.52. The quantitative estimate of drug-likeness (QED) is 0.812. The van der Waals surface area contributed by atoms with Crippen molar-refractivity contribution < 1.29 is 19.1 Å². The number of Topliss-reactive ketones (excluding diaryl/α,β-unsaturated/α-hetero) is 2. The lowest BCUT2D eigenvalue weighted by molar-refractivity contribution is -0.133. The molecule has 148 valence electrons. The zero-order valence-electron chi connectivity index (χ0n) is 16.1. The Morgan fingerprint density at radius 2 is 1.93 bits per heavy atom. The maximum Gasteiger partial charge on any atom is 0.255 e. The molecule has 1 N–H and O–H groups in total. The Balaban J connectivity index is 1.34. The fourth-order valence-electron chi connectivity index (χ4n) is 4.50. The van der Waals surface area contributed by atoms with Gasteiger partial charge >= 0.3 is 0 Å². The molecule has 0 aromatic heterocycles. The molecule has 2 aromatic rings. The lowest BCUT2D eigenvalue weighted by Crippen LogP contribution is -2.44. The molecule has 1 saturated carbocycles. The molecule has 6 nitrogen and oxygen atoms in total. The Morgan fingerprint density at radius 1 is 1.07 bits per heavy atom. The van der Waals surface area contributed by atoms with Crippen molar-refractivity contribution in [2.24, 2.45) is 0 Å². The normalized spacial score (nSPS) is 20.8. The summed E-state index contributed by atoms with van der Waals surface area (Å²) >= 11 is 0. The molecule has 0 saturated heterocycles. The number of nitrogens with zero attached hydrogens (tertiary/aromatic N) is 1. The van der Waals surface area contributed by atoms with Crippen molar-refractivity contribution >= 4 is 17.5 Å². The van der Waals surface area contributed by atoms with Crippen LogP contribution >= 0.6 is 0 Å². The van der Waals surface area contributed by atoms with Gasteiger partial charge < -0.3 is 15.0 Å². The Bertz CT molecular complexity index is 1030. The summed E-state index contributed by atoms with van der Waals surface area (Å²) in [5.41, 5.74) is 5.13. The van der Waals surface area contributed by atoms with E-state index in [0.717, 1.165) is 24.2 Å². The van der Waals surface area contributed by atoms with E-state index in [1.165, 1.54) is 11.1 Å². The Labute approximate surface area is 168 Å². The summed E-state index contributed by atoms with van der Waals surface area (Å²) < 4.78 is 6.08. The van der Waals surface area contributed by atoms with Gasteiger partial charge in [0.1, 0.15) is 18.1 Å². The molecule has 2 aliphatic heterocycles. The van der Waals surface area contributed by atoms with Gasteiger partial charge in [-0.2, -0.15) is 0 Å². The molecule has 1 unspecified atom stereocenters. The average Bonchev–Trinajstić information content (AvgIpc) is 3.31. The van der Waals surface area contributed by atoms with E-state index in [4.69, 9.17) is 4.74 Å². The fourth-order valence-corrected chi connectivity index (χ4v) is 4.50. The number of ether oxygens (including phenoxy) is 1. The van der Waals surface area contributed by atoms with Crippen LogP contribution in [0.15, 0.2) is 36.4 Å². The lowest BCUT2D eigenvalue weighted by Gasteiger charge is -2.29. The number of rotatable bonds is 4. The summed E-state index contributed by atoms with van der Waals surface area (Å²) in [5, 5.41) is 3.34. The third-order valence-corrected chi connectivity index (χ3v) is 6.06. The van der Waals surface area contributed by atoms with Crippen LogP contribution in [0.5, 0.6) is 5.75 Å². The molecule has 1 atom stereocenters. The summed E-state index contributed by atoms with van der Waals surface area (Å²) in [6.07, 6.45) is 0.700. The van der Waals surface area contributed by atoms with Gasteiger partial charge in [0, 0.05) is 30.6 Å². The molecule has 0 bridgehead atoms. The van der Waals surface area contributed by atoms with Crippen molar-refractivity contribution in [3.05, 3.63) is 64.2 Å². The summed E-state index contributed by atoms with van der Waals surface area (Å²) in [4.78, 5) is 38.4. The van der Waals surface area contributed by atoms with Crippen LogP contribution in [0.3, 0.4) is 0 Å². The molecule has 1 aliphatic carbocycles. The van der Waals surface area contributed by atoms with Crippen LogP contribution in [0.25, 0.3) is 0 Å². The lowest BCUT2D eigenvalue weighted by atomic mass is 9.92. The van der Waals surface area contributed by atoms with Crippen molar-refractivity contribution in [1.29, 1.82) is 0 Å². The van der Waals surface area contributed by atoms with E-state index >= 15 is 0 Å². The van der Waals surface area contributed by atoms with Crippen LogP contribution in [0.2, 0.25) is 0 Å². The molecule has 29 heavy (non-hydrogen) atoms. The Morgan fingerprint density at radius 3 is 2.79 bits per heavy atom. The van der Waals surface area contributed by atoms with Gasteiger partial charge in [-0.15, -0.1) is 0 Å². The van der Waals surface area contributed by atoms with Gasteiger partial charge in [-0.1, -0.05) is 24.3 Å². The minimum Gasteiger partial charge on any atom is -0.489 e. The number of carbonyl (C=O) groups excluding carboxylic acids is 3. The second kappa shape index (κ2) is 7.12. The van der Waals surface area contributed by atoms with Gasteiger partial charge in [-0.05, 0) is 35.2 Å². The highest BCUT2D eigenvalue weighted by Gasteiger charge is 2.39. The maximum atomic E-state index is 12.9. The number of fused-ring (bicyclic) bond motifs is 2. The van der Waals surface area contributed by atoms with Crippen molar-refractivity contribution in [2.75, 3.05) is 0 Å². The SMILES string of the molecule is O=C1CCC(N2Cc3c(OCc4ccc5c(c4)CNC5)cccc3C2=O)C(=O)C1. The number of benzene rings is 2. The van der Waals surface area contributed by atoms with Crippen LogP contribution in [0, 0.1) is 0 Å². The van der Waals surface area contributed by atoms with Crippen molar-refractivity contribution in [3.63, 3.8) is 0 Å². The van der Waals surface area contributed by atoms with E-state index in [1.807, 2.05) is 12.1 Å². The average molecular weight is 390 g/mol. The molecule has 3 aliphatic rings. The third-order valence-electron chi connectivity index (χ3n) is 6.06. The molecule has 6 heteroatoms. The van der Waals surface area contributed by atoms with E-state index in [-0.39, 0.29) is 23.9 Å². The summed E-state index contributed by atoms with van der Waals surface area (Å²) in [6.45, 7) is 2.56. The van der Waals surface area contributed by atoms with Gasteiger partial charge in [0.05, 0.1) is 19.0 Å². The van der Waals surface area contributed by atoms with Gasteiger partial charge in [-0.3, -0.25) is 14.4 Å². The predicted molar refractivity (Wildman–Crippen MR) is 105 cm³/mol. The van der Waals surface area contributed by atoms with Crippen LogP contribution in [-0.4, -0.2) is 28.4 Å². The van der Waals surface area contributed by atoms with Crippen molar-refractivity contribution in [1.82, 2.24) is 10.2 Å². The van der Waals surface area contributed by atoms with E-state index in [9.17, 15) is 14.4 Å². The van der Waals surface area contributed by atoms with Gasteiger partial charge in [0.25, 0.3) is 5.91 Å². The van der Waals surface area contributed by atoms with E-state index < -0.39 is 6.04 Å². The molecule has 5 rings (SSSR count). The van der Waals surface area contributed by atoms with Gasteiger partial charge in [0.15, 0.2) is 5.78 Å². The highest BCUT2D eigenvalue weighted by molar-refractivity contribution is 6.07. The largest absolute Gasteiger partial charge is 0.489 e. The number of hydrogen-bond donors (Lipinski definition) is 1.